The molecular formula is C71H120O24. The van der Waals surface area contributed by atoms with Gasteiger partial charge in [-0.2, -0.15) is 0 Å². The first-order valence-corrected chi connectivity index (χ1v) is 35.7. The van der Waals surface area contributed by atoms with Crippen LogP contribution in [0.1, 0.15) is 297 Å². The average molecular weight is 1360 g/mol. The number of rotatable bonds is 66. The standard InChI is InChI=1S/C71H120O24/c1-5-71(2,3)70(83)95-58-36-47-69(82)94-57-35-15-25-46-68(81)93-56-34-14-24-45-67(80)92-55-33-13-23-44-66(79)91-54-32-12-22-43-65(78)90-53-31-11-21-42-64(77)89-52-30-10-20-41-63(76)88-51-29-9-19-40-62(75)87-50-28-8-18-39-61(74)86-49-27-7-17-38-60(73)85-48-26-6-16-37-59(72)84-4/h5-58H2,1-4H3. The number of hydrogen-bond acceptors (Lipinski definition) is 24. The van der Waals surface area contributed by atoms with E-state index in [9.17, 15) is 57.5 Å². The third kappa shape index (κ3) is 62.2. The molecule has 0 aromatic rings. The molecule has 95 heavy (non-hydrogen) atoms. The molecule has 0 aromatic carbocycles. The molecule has 0 aliphatic rings. The summed E-state index contributed by atoms with van der Waals surface area (Å²) in [5.41, 5.74) is -0.538. The molecule has 0 saturated carbocycles. The number of carbonyl (C=O) groups excluding carboxylic acids is 12. The van der Waals surface area contributed by atoms with E-state index in [1.54, 1.807) is 0 Å². The summed E-state index contributed by atoms with van der Waals surface area (Å²) < 4.78 is 62.5. The molecular weight excluding hydrogens is 1240 g/mol. The maximum atomic E-state index is 12.1. The summed E-state index contributed by atoms with van der Waals surface area (Å²) in [7, 11) is 1.36. The molecule has 548 valence electrons. The highest BCUT2D eigenvalue weighted by Gasteiger charge is 2.27. The fourth-order valence-corrected chi connectivity index (χ4v) is 8.89. The van der Waals surface area contributed by atoms with E-state index in [0.717, 1.165) is 38.5 Å². The van der Waals surface area contributed by atoms with E-state index < -0.39 is 5.41 Å². The van der Waals surface area contributed by atoms with Crippen molar-refractivity contribution in [2.75, 3.05) is 79.8 Å². The van der Waals surface area contributed by atoms with Crippen molar-refractivity contribution in [2.45, 2.75) is 297 Å². The Bertz CT molecular complexity index is 2090. The Kier molecular flexibility index (Phi) is 59.4. The second-order valence-electron chi connectivity index (χ2n) is 24.4. The smallest absolute Gasteiger partial charge is 0.311 e. The normalized spacial score (nSPS) is 11.0. The molecule has 0 N–H and O–H groups in total. The number of carbonyl (C=O) groups is 12. The first-order chi connectivity index (χ1) is 45.9. The predicted octanol–water partition coefficient (Wildman–Crippen LogP) is 13.0. The van der Waals surface area contributed by atoms with Gasteiger partial charge in [-0.3, -0.25) is 57.5 Å². The fourth-order valence-electron chi connectivity index (χ4n) is 8.89. The molecule has 0 radical (unpaired) electrons. The second-order valence-corrected chi connectivity index (χ2v) is 24.4. The van der Waals surface area contributed by atoms with Crippen LogP contribution in [0, 0.1) is 5.41 Å². The van der Waals surface area contributed by atoms with Crippen LogP contribution in [0.5, 0.6) is 0 Å². The van der Waals surface area contributed by atoms with Crippen LogP contribution in [-0.2, 0) is 114 Å². The summed E-state index contributed by atoms with van der Waals surface area (Å²) in [6, 6.07) is 0. The first kappa shape index (κ1) is 88.6. The number of hydrogen-bond donors (Lipinski definition) is 0. The van der Waals surface area contributed by atoms with Crippen molar-refractivity contribution >= 4 is 71.6 Å². The maximum absolute atomic E-state index is 12.1. The lowest BCUT2D eigenvalue weighted by Crippen LogP contribution is -2.26. The molecule has 0 aliphatic carbocycles. The summed E-state index contributed by atoms with van der Waals surface area (Å²) in [5.74, 6) is -3.36. The fraction of sp³-hybridized carbons (Fsp3) is 0.831. The van der Waals surface area contributed by atoms with Gasteiger partial charge >= 0.3 is 71.6 Å². The number of ether oxygens (including phenoxy) is 12. The summed E-state index contributed by atoms with van der Waals surface area (Å²) in [6.07, 6.45) is 24.3. The zero-order valence-corrected chi connectivity index (χ0v) is 58.5. The van der Waals surface area contributed by atoms with Crippen LogP contribution in [0.4, 0.5) is 0 Å². The van der Waals surface area contributed by atoms with Crippen LogP contribution in [0.3, 0.4) is 0 Å². The Hall–Kier alpha value is -6.36. The minimum absolute atomic E-state index is 0.177. The molecule has 0 heterocycles. The van der Waals surface area contributed by atoms with E-state index in [0.29, 0.717) is 206 Å². The topological polar surface area (TPSA) is 316 Å². The van der Waals surface area contributed by atoms with Gasteiger partial charge in [-0.25, -0.2) is 0 Å². The lowest BCUT2D eigenvalue weighted by Gasteiger charge is -2.20. The molecule has 0 spiro atoms. The third-order valence-electron chi connectivity index (χ3n) is 15.3. The molecule has 0 bridgehead atoms. The Morgan fingerprint density at radius 1 is 0.200 bits per heavy atom. The molecule has 0 atom stereocenters. The lowest BCUT2D eigenvalue weighted by atomic mass is 9.91. The van der Waals surface area contributed by atoms with Crippen molar-refractivity contribution in [1.29, 1.82) is 0 Å². The quantitative estimate of drug-likeness (QED) is 0.0310. The van der Waals surface area contributed by atoms with Gasteiger partial charge in [0.15, 0.2) is 0 Å². The van der Waals surface area contributed by atoms with Gasteiger partial charge in [0.05, 0.1) is 85.2 Å². The monoisotopic (exact) mass is 1360 g/mol. The van der Waals surface area contributed by atoms with Gasteiger partial charge in [-0.1, -0.05) is 6.92 Å². The maximum Gasteiger partial charge on any atom is 0.311 e. The molecule has 0 saturated heterocycles. The number of methoxy groups -OCH3 is 1. The van der Waals surface area contributed by atoms with Gasteiger partial charge in [-0.05, 0) is 219 Å². The van der Waals surface area contributed by atoms with Gasteiger partial charge < -0.3 is 56.8 Å². The van der Waals surface area contributed by atoms with Gasteiger partial charge in [0.25, 0.3) is 0 Å². The Morgan fingerprint density at radius 3 is 0.505 bits per heavy atom. The number of esters is 12. The minimum Gasteiger partial charge on any atom is -0.469 e. The largest absolute Gasteiger partial charge is 0.469 e. The SMILES string of the molecule is CCC(C)(C)C(=O)OCCCC(=O)OCCCCCC(=O)OCCCCCC(=O)OCCCCCC(=O)OCCCCCC(=O)OCCCCCC(=O)OCCCCCC(=O)OCCCCCC(=O)OCCCCCC(=O)OCCCCCC(=O)OCCCCCC(=O)OC. The zero-order chi connectivity index (χ0) is 70.1. The van der Waals surface area contributed by atoms with Crippen molar-refractivity contribution in [1.82, 2.24) is 0 Å². The number of unbranched alkanes of at least 4 members (excludes halogenated alkanes) is 20. The van der Waals surface area contributed by atoms with Crippen LogP contribution in [0.2, 0.25) is 0 Å². The van der Waals surface area contributed by atoms with Gasteiger partial charge in [0.1, 0.15) is 0 Å². The molecule has 0 fully saturated rings. The van der Waals surface area contributed by atoms with Crippen molar-refractivity contribution in [3.63, 3.8) is 0 Å². The van der Waals surface area contributed by atoms with Crippen molar-refractivity contribution in [3.05, 3.63) is 0 Å². The van der Waals surface area contributed by atoms with E-state index >= 15 is 0 Å². The van der Waals surface area contributed by atoms with E-state index in [4.69, 9.17) is 52.1 Å². The Balaban J connectivity index is 3.53. The molecule has 0 aliphatic heterocycles. The minimum atomic E-state index is -0.538. The Morgan fingerprint density at radius 2 is 0.347 bits per heavy atom. The Labute approximate surface area is 566 Å². The van der Waals surface area contributed by atoms with Crippen molar-refractivity contribution < 1.29 is 114 Å². The van der Waals surface area contributed by atoms with Crippen molar-refractivity contribution in [3.8, 4) is 0 Å². The molecule has 0 rings (SSSR count). The summed E-state index contributed by atoms with van der Waals surface area (Å²) in [4.78, 5) is 143. The van der Waals surface area contributed by atoms with Crippen LogP contribution in [0.15, 0.2) is 0 Å². The summed E-state index contributed by atoms with van der Waals surface area (Å²) in [5, 5.41) is 0. The second kappa shape index (κ2) is 63.7. The highest BCUT2D eigenvalue weighted by Crippen LogP contribution is 2.22. The van der Waals surface area contributed by atoms with Gasteiger partial charge in [0, 0.05) is 70.6 Å². The van der Waals surface area contributed by atoms with E-state index in [2.05, 4.69) is 4.74 Å². The first-order valence-electron chi connectivity index (χ1n) is 35.7. The van der Waals surface area contributed by atoms with E-state index in [1.165, 1.54) is 7.11 Å². The average Bonchev–Trinajstić information content (AvgIpc) is 2.44. The zero-order valence-electron chi connectivity index (χ0n) is 58.5. The molecule has 0 amide bonds. The van der Waals surface area contributed by atoms with Crippen LogP contribution in [-0.4, -0.2) is 151 Å². The van der Waals surface area contributed by atoms with Crippen LogP contribution < -0.4 is 0 Å². The van der Waals surface area contributed by atoms with Crippen LogP contribution >= 0.6 is 0 Å². The predicted molar refractivity (Wildman–Crippen MR) is 351 cm³/mol. The van der Waals surface area contributed by atoms with Gasteiger partial charge in [0.2, 0.25) is 0 Å². The molecule has 24 nitrogen and oxygen atoms in total. The summed E-state index contributed by atoms with van der Waals surface area (Å²) in [6.45, 7) is 8.63. The van der Waals surface area contributed by atoms with E-state index in [-0.39, 0.29) is 176 Å². The van der Waals surface area contributed by atoms with Crippen LogP contribution in [0.25, 0.3) is 0 Å². The van der Waals surface area contributed by atoms with Gasteiger partial charge in [-0.15, -0.1) is 0 Å². The molecule has 0 aromatic heterocycles. The summed E-state index contributed by atoms with van der Waals surface area (Å²) >= 11 is 0. The highest BCUT2D eigenvalue weighted by atomic mass is 16.6. The molecule has 24 heteroatoms. The molecule has 0 unspecified atom stereocenters. The highest BCUT2D eigenvalue weighted by molar-refractivity contribution is 5.76. The van der Waals surface area contributed by atoms with Crippen molar-refractivity contribution in [2.24, 2.45) is 5.41 Å². The lowest BCUT2D eigenvalue weighted by molar-refractivity contribution is -0.155. The van der Waals surface area contributed by atoms with E-state index in [1.807, 2.05) is 20.8 Å². The third-order valence-corrected chi connectivity index (χ3v) is 15.3.